The highest BCUT2D eigenvalue weighted by Crippen LogP contribution is 2.15. The average molecular weight is 226 g/mol. The average Bonchev–Trinajstić information content (AvgIpc) is 2.33. The zero-order valence-corrected chi connectivity index (χ0v) is 10.1. The summed E-state index contributed by atoms with van der Waals surface area (Å²) in [6, 6.07) is -0.0478. The van der Waals surface area contributed by atoms with E-state index in [9.17, 15) is 4.79 Å². The predicted octanol–water partition coefficient (Wildman–Crippen LogP) is 0.766. The molecule has 0 aromatic heterocycles. The Morgan fingerprint density at radius 2 is 2.00 bits per heavy atom. The molecule has 0 aromatic carbocycles. The van der Waals surface area contributed by atoms with Crippen LogP contribution in [0.15, 0.2) is 0 Å². The summed E-state index contributed by atoms with van der Waals surface area (Å²) in [5, 5.41) is 3.23. The van der Waals surface area contributed by atoms with Crippen molar-refractivity contribution in [2.75, 3.05) is 26.7 Å². The van der Waals surface area contributed by atoms with E-state index in [1.54, 1.807) is 0 Å². The van der Waals surface area contributed by atoms with Crippen LogP contribution < -0.4 is 5.32 Å². The zero-order chi connectivity index (χ0) is 11.4. The van der Waals surface area contributed by atoms with Gasteiger partial charge in [-0.2, -0.15) is 0 Å². The van der Waals surface area contributed by atoms with E-state index in [1.807, 2.05) is 0 Å². The summed E-state index contributed by atoms with van der Waals surface area (Å²) in [7, 11) is 2.11. The van der Waals surface area contributed by atoms with E-state index in [0.29, 0.717) is 0 Å². The number of hydrogen-bond acceptors (Lipinski definition) is 4. The van der Waals surface area contributed by atoms with Crippen LogP contribution >= 0.6 is 0 Å². The van der Waals surface area contributed by atoms with E-state index in [1.165, 1.54) is 6.42 Å². The van der Waals surface area contributed by atoms with Gasteiger partial charge in [0.05, 0.1) is 0 Å². The largest absolute Gasteiger partial charge is 0.461 e. The Morgan fingerprint density at radius 3 is 2.62 bits per heavy atom. The molecule has 0 aliphatic carbocycles. The number of piperidine rings is 2. The highest BCUT2D eigenvalue weighted by Gasteiger charge is 2.26. The van der Waals surface area contributed by atoms with Crippen LogP contribution in [0.25, 0.3) is 0 Å². The van der Waals surface area contributed by atoms with Gasteiger partial charge in [0.1, 0.15) is 12.1 Å². The van der Waals surface area contributed by atoms with Gasteiger partial charge in [-0.25, -0.2) is 0 Å². The van der Waals surface area contributed by atoms with Crippen molar-refractivity contribution in [2.24, 2.45) is 0 Å². The summed E-state index contributed by atoms with van der Waals surface area (Å²) < 4.78 is 5.55. The fourth-order valence-corrected chi connectivity index (χ4v) is 2.40. The molecule has 4 nitrogen and oxygen atoms in total. The first-order valence-electron chi connectivity index (χ1n) is 6.38. The number of nitrogens with one attached hydrogen (secondary N) is 1. The fourth-order valence-electron chi connectivity index (χ4n) is 2.40. The van der Waals surface area contributed by atoms with Crippen molar-refractivity contribution in [1.82, 2.24) is 10.2 Å². The lowest BCUT2D eigenvalue weighted by Gasteiger charge is -2.30. The summed E-state index contributed by atoms with van der Waals surface area (Å²) in [4.78, 5) is 14.1. The van der Waals surface area contributed by atoms with E-state index >= 15 is 0 Å². The quantitative estimate of drug-likeness (QED) is 0.706. The number of esters is 1. The Balaban J connectivity index is 1.73. The molecule has 0 radical (unpaired) electrons. The molecular weight excluding hydrogens is 204 g/mol. The summed E-state index contributed by atoms with van der Waals surface area (Å²) in [5.41, 5.74) is 0. The second kappa shape index (κ2) is 5.64. The molecule has 0 aromatic rings. The molecule has 2 aliphatic rings. The van der Waals surface area contributed by atoms with Crippen molar-refractivity contribution >= 4 is 5.97 Å². The molecule has 16 heavy (non-hydrogen) atoms. The van der Waals surface area contributed by atoms with E-state index in [0.717, 1.165) is 45.3 Å². The van der Waals surface area contributed by atoms with Crippen molar-refractivity contribution < 1.29 is 9.53 Å². The third kappa shape index (κ3) is 3.19. The van der Waals surface area contributed by atoms with Gasteiger partial charge in [-0.1, -0.05) is 6.42 Å². The lowest BCUT2D eigenvalue weighted by Crippen LogP contribution is -2.44. The fraction of sp³-hybridized carbons (Fsp3) is 0.917. The number of rotatable bonds is 2. The van der Waals surface area contributed by atoms with Crippen LogP contribution in [-0.2, 0) is 9.53 Å². The van der Waals surface area contributed by atoms with Crippen LogP contribution in [0.3, 0.4) is 0 Å². The van der Waals surface area contributed by atoms with E-state index < -0.39 is 0 Å². The van der Waals surface area contributed by atoms with E-state index in [4.69, 9.17) is 4.74 Å². The second-order valence-corrected chi connectivity index (χ2v) is 4.94. The minimum Gasteiger partial charge on any atom is -0.461 e. The highest BCUT2D eigenvalue weighted by atomic mass is 16.5. The van der Waals surface area contributed by atoms with Crippen molar-refractivity contribution in [3.05, 3.63) is 0 Å². The number of carbonyl (C=O) groups excluding carboxylic acids is 1. The second-order valence-electron chi connectivity index (χ2n) is 4.94. The molecule has 1 N–H and O–H groups in total. The number of likely N-dealkylation sites (tertiary alicyclic amines) is 1. The summed E-state index contributed by atoms with van der Waals surface area (Å²) in [6.45, 7) is 3.03. The molecule has 92 valence electrons. The van der Waals surface area contributed by atoms with Crippen molar-refractivity contribution in [1.29, 1.82) is 0 Å². The van der Waals surface area contributed by atoms with Gasteiger partial charge in [0.15, 0.2) is 0 Å². The minimum atomic E-state index is -0.0478. The maximum absolute atomic E-state index is 11.8. The Morgan fingerprint density at radius 1 is 1.25 bits per heavy atom. The molecule has 1 atom stereocenters. The van der Waals surface area contributed by atoms with Gasteiger partial charge in [0.25, 0.3) is 0 Å². The first-order chi connectivity index (χ1) is 7.75. The molecule has 2 heterocycles. The molecule has 2 rings (SSSR count). The molecule has 0 saturated carbocycles. The van der Waals surface area contributed by atoms with Gasteiger partial charge >= 0.3 is 5.97 Å². The SMILES string of the molecule is CN1CCC(OC(=O)C2CCCCN2)CC1. The monoisotopic (exact) mass is 226 g/mol. The Bertz CT molecular complexity index is 231. The van der Waals surface area contributed by atoms with Gasteiger partial charge in [-0.15, -0.1) is 0 Å². The maximum Gasteiger partial charge on any atom is 0.323 e. The third-order valence-corrected chi connectivity index (χ3v) is 3.54. The number of hydrogen-bond donors (Lipinski definition) is 1. The normalized spacial score (nSPS) is 28.9. The van der Waals surface area contributed by atoms with Crippen LogP contribution in [0.1, 0.15) is 32.1 Å². The van der Waals surface area contributed by atoms with Crippen molar-refractivity contribution in [3.63, 3.8) is 0 Å². The first kappa shape index (κ1) is 11.9. The van der Waals surface area contributed by atoms with Gasteiger partial charge < -0.3 is 15.0 Å². The lowest BCUT2D eigenvalue weighted by molar-refractivity contribution is -0.154. The molecule has 2 fully saturated rings. The van der Waals surface area contributed by atoms with Crippen LogP contribution in [0, 0.1) is 0 Å². The number of ether oxygens (including phenoxy) is 1. The summed E-state index contributed by atoms with van der Waals surface area (Å²) in [5.74, 6) is -0.0331. The molecule has 4 heteroatoms. The number of carbonyl (C=O) groups is 1. The van der Waals surface area contributed by atoms with Crippen LogP contribution in [-0.4, -0.2) is 49.7 Å². The Hall–Kier alpha value is -0.610. The van der Waals surface area contributed by atoms with Crippen LogP contribution in [0.4, 0.5) is 0 Å². The van der Waals surface area contributed by atoms with Gasteiger partial charge in [-0.05, 0) is 39.3 Å². The molecule has 0 amide bonds. The molecule has 2 saturated heterocycles. The lowest BCUT2D eigenvalue weighted by atomic mass is 10.0. The summed E-state index contributed by atoms with van der Waals surface area (Å²) in [6.07, 6.45) is 5.36. The third-order valence-electron chi connectivity index (χ3n) is 3.54. The predicted molar refractivity (Wildman–Crippen MR) is 62.3 cm³/mol. The maximum atomic E-state index is 11.8. The minimum absolute atomic E-state index is 0.0331. The Labute approximate surface area is 97.3 Å². The van der Waals surface area contributed by atoms with Crippen LogP contribution in [0.5, 0.6) is 0 Å². The standard InChI is InChI=1S/C12H22N2O2/c1-14-8-5-10(6-9-14)16-12(15)11-4-2-3-7-13-11/h10-11,13H,2-9H2,1H3. The van der Waals surface area contributed by atoms with Crippen molar-refractivity contribution in [2.45, 2.75) is 44.2 Å². The molecule has 0 spiro atoms. The topological polar surface area (TPSA) is 41.6 Å². The Kier molecular flexibility index (Phi) is 4.18. The zero-order valence-electron chi connectivity index (χ0n) is 10.1. The summed E-state index contributed by atoms with van der Waals surface area (Å²) >= 11 is 0. The van der Waals surface area contributed by atoms with Crippen molar-refractivity contribution in [3.8, 4) is 0 Å². The van der Waals surface area contributed by atoms with E-state index in [-0.39, 0.29) is 18.1 Å². The molecule has 0 bridgehead atoms. The number of nitrogens with zero attached hydrogens (tertiary/aromatic N) is 1. The van der Waals surface area contributed by atoms with Crippen LogP contribution in [0.2, 0.25) is 0 Å². The van der Waals surface area contributed by atoms with Gasteiger partial charge in [0.2, 0.25) is 0 Å². The molecular formula is C12H22N2O2. The molecule has 1 unspecified atom stereocenters. The van der Waals surface area contributed by atoms with E-state index in [2.05, 4.69) is 17.3 Å². The smallest absolute Gasteiger partial charge is 0.323 e. The van der Waals surface area contributed by atoms with Gasteiger partial charge in [-0.3, -0.25) is 4.79 Å². The van der Waals surface area contributed by atoms with Gasteiger partial charge in [0, 0.05) is 13.1 Å². The first-order valence-corrected chi connectivity index (χ1v) is 6.38. The highest BCUT2D eigenvalue weighted by molar-refractivity contribution is 5.76. The molecule has 2 aliphatic heterocycles.